The first-order chi connectivity index (χ1) is 11.7. The molecule has 2 aromatic rings. The van der Waals surface area contributed by atoms with E-state index in [2.05, 4.69) is 15.5 Å². The van der Waals surface area contributed by atoms with Crippen molar-refractivity contribution in [2.24, 2.45) is 5.92 Å². The maximum atomic E-state index is 12.3. The lowest BCUT2D eigenvalue weighted by atomic mass is 9.93. The predicted octanol–water partition coefficient (Wildman–Crippen LogP) is 2.43. The molecule has 0 aliphatic carbocycles. The Morgan fingerprint density at radius 1 is 1.28 bits per heavy atom. The fraction of sp³-hybridized carbons (Fsp3) is 0.500. The first-order valence-electron chi connectivity index (χ1n) is 8.63. The largest absolute Gasteiger partial charge is 0.340 e. The lowest BCUT2D eigenvalue weighted by Crippen LogP contribution is -2.30. The number of hydrogen-bond donors (Lipinski definition) is 1. The molecule has 136 valence electrons. The molecule has 1 aromatic carbocycles. The quantitative estimate of drug-likeness (QED) is 0.856. The summed E-state index contributed by atoms with van der Waals surface area (Å²) in [7, 11) is 1.84. The van der Waals surface area contributed by atoms with E-state index in [0.29, 0.717) is 18.9 Å². The van der Waals surface area contributed by atoms with Crippen molar-refractivity contribution in [3.05, 3.63) is 42.2 Å². The van der Waals surface area contributed by atoms with Crippen LogP contribution in [0.15, 0.2) is 36.5 Å². The number of hydrogen-bond acceptors (Lipinski definition) is 4. The third-order valence-electron chi connectivity index (χ3n) is 4.58. The van der Waals surface area contributed by atoms with E-state index in [1.54, 1.807) is 15.9 Å². The van der Waals surface area contributed by atoms with Crippen molar-refractivity contribution in [2.75, 3.05) is 20.1 Å². The number of aromatic nitrogens is 3. The Bertz CT molecular complexity index is 654. The van der Waals surface area contributed by atoms with Gasteiger partial charge in [-0.05, 0) is 50.4 Å². The zero-order valence-electron chi connectivity index (χ0n) is 14.6. The Hall–Kier alpha value is -1.92. The van der Waals surface area contributed by atoms with Gasteiger partial charge in [-0.25, -0.2) is 0 Å². The van der Waals surface area contributed by atoms with E-state index in [9.17, 15) is 4.79 Å². The van der Waals surface area contributed by atoms with E-state index in [1.165, 1.54) is 12.8 Å². The summed E-state index contributed by atoms with van der Waals surface area (Å²) in [5, 5.41) is 12.1. The third kappa shape index (κ3) is 5.54. The average Bonchev–Trinajstić information content (AvgIpc) is 3.10. The number of piperidine rings is 1. The van der Waals surface area contributed by atoms with Gasteiger partial charge in [0.15, 0.2) is 0 Å². The van der Waals surface area contributed by atoms with E-state index in [-0.39, 0.29) is 18.3 Å². The molecule has 3 rings (SSSR count). The lowest BCUT2D eigenvalue weighted by Gasteiger charge is -2.23. The highest BCUT2D eigenvalue weighted by atomic mass is 35.5. The highest BCUT2D eigenvalue weighted by Gasteiger charge is 2.17. The number of nitrogens with zero attached hydrogens (tertiary/aromatic N) is 4. The summed E-state index contributed by atoms with van der Waals surface area (Å²) >= 11 is 0. The highest BCUT2D eigenvalue weighted by Crippen LogP contribution is 2.18. The van der Waals surface area contributed by atoms with E-state index < -0.39 is 0 Å². The van der Waals surface area contributed by atoms with E-state index >= 15 is 0 Å². The van der Waals surface area contributed by atoms with Crippen LogP contribution in [0.25, 0.3) is 5.69 Å². The Morgan fingerprint density at radius 2 is 2.00 bits per heavy atom. The van der Waals surface area contributed by atoms with Gasteiger partial charge in [0.2, 0.25) is 5.91 Å². The van der Waals surface area contributed by atoms with Gasteiger partial charge in [-0.2, -0.15) is 15.0 Å². The number of amides is 1. The molecule has 1 aromatic heterocycles. The SMILES string of the molecule is CN(Cc1cnn(-c2ccccc2)n1)C(=O)CCC1CCNCC1.Cl. The van der Waals surface area contributed by atoms with Gasteiger partial charge < -0.3 is 10.2 Å². The number of carbonyl (C=O) groups excluding carboxylic acids is 1. The van der Waals surface area contributed by atoms with Gasteiger partial charge >= 0.3 is 0 Å². The monoisotopic (exact) mass is 363 g/mol. The van der Waals surface area contributed by atoms with Crippen molar-refractivity contribution in [1.82, 2.24) is 25.2 Å². The second-order valence-electron chi connectivity index (χ2n) is 6.44. The zero-order chi connectivity index (χ0) is 16.8. The Morgan fingerprint density at radius 3 is 2.72 bits per heavy atom. The topological polar surface area (TPSA) is 63.1 Å². The van der Waals surface area contributed by atoms with Crippen LogP contribution in [-0.4, -0.2) is 45.9 Å². The van der Waals surface area contributed by atoms with Crippen molar-refractivity contribution >= 4 is 18.3 Å². The smallest absolute Gasteiger partial charge is 0.222 e. The molecule has 0 radical (unpaired) electrons. The van der Waals surface area contributed by atoms with Gasteiger partial charge in [-0.3, -0.25) is 4.79 Å². The zero-order valence-corrected chi connectivity index (χ0v) is 15.4. The molecule has 1 amide bonds. The molecule has 2 heterocycles. The fourth-order valence-corrected chi connectivity index (χ4v) is 3.07. The van der Waals surface area contributed by atoms with Crippen LogP contribution in [0.5, 0.6) is 0 Å². The Balaban J connectivity index is 0.00000225. The number of nitrogens with one attached hydrogen (secondary N) is 1. The van der Waals surface area contributed by atoms with Crippen molar-refractivity contribution in [3.8, 4) is 5.69 Å². The van der Waals surface area contributed by atoms with E-state index in [0.717, 1.165) is 30.9 Å². The van der Waals surface area contributed by atoms with E-state index in [1.807, 2.05) is 37.4 Å². The minimum absolute atomic E-state index is 0. The molecule has 25 heavy (non-hydrogen) atoms. The number of para-hydroxylation sites is 1. The Labute approximate surface area is 155 Å². The van der Waals surface area contributed by atoms with Gasteiger partial charge in [0, 0.05) is 13.5 Å². The van der Waals surface area contributed by atoms with Crippen LogP contribution < -0.4 is 5.32 Å². The molecule has 6 nitrogen and oxygen atoms in total. The minimum Gasteiger partial charge on any atom is -0.340 e. The number of carbonyl (C=O) groups is 1. The van der Waals surface area contributed by atoms with Crippen molar-refractivity contribution in [2.45, 2.75) is 32.2 Å². The van der Waals surface area contributed by atoms with Crippen LogP contribution in [0.3, 0.4) is 0 Å². The van der Waals surface area contributed by atoms with Crippen molar-refractivity contribution in [3.63, 3.8) is 0 Å². The summed E-state index contributed by atoms with van der Waals surface area (Å²) in [5.41, 5.74) is 1.72. The van der Waals surface area contributed by atoms with Crippen molar-refractivity contribution < 1.29 is 4.79 Å². The minimum atomic E-state index is 0. The molecular weight excluding hydrogens is 338 g/mol. The summed E-state index contributed by atoms with van der Waals surface area (Å²) in [6.07, 6.45) is 5.70. The summed E-state index contributed by atoms with van der Waals surface area (Å²) < 4.78 is 0. The highest BCUT2D eigenvalue weighted by molar-refractivity contribution is 5.85. The standard InChI is InChI=1S/C18H25N5O.ClH/c1-22(18(24)8-7-15-9-11-19-12-10-15)14-16-13-20-23(21-16)17-5-3-2-4-6-17;/h2-6,13,15,19H,7-12,14H2,1H3;1H. The summed E-state index contributed by atoms with van der Waals surface area (Å²) in [5.74, 6) is 0.866. The van der Waals surface area contributed by atoms with Gasteiger partial charge in [0.1, 0.15) is 5.69 Å². The normalized spacial score (nSPS) is 14.8. The second kappa shape index (κ2) is 9.53. The first-order valence-corrected chi connectivity index (χ1v) is 8.63. The molecule has 0 atom stereocenters. The lowest BCUT2D eigenvalue weighted by molar-refractivity contribution is -0.130. The molecule has 0 bridgehead atoms. The van der Waals surface area contributed by atoms with Crippen LogP contribution in [0, 0.1) is 5.92 Å². The van der Waals surface area contributed by atoms with Crippen molar-refractivity contribution in [1.29, 1.82) is 0 Å². The second-order valence-corrected chi connectivity index (χ2v) is 6.44. The van der Waals surface area contributed by atoms with Gasteiger partial charge in [-0.15, -0.1) is 12.4 Å². The fourth-order valence-electron chi connectivity index (χ4n) is 3.07. The average molecular weight is 364 g/mol. The van der Waals surface area contributed by atoms with Crippen LogP contribution in [0.1, 0.15) is 31.4 Å². The van der Waals surface area contributed by atoms with Crippen LogP contribution in [-0.2, 0) is 11.3 Å². The molecule has 1 fully saturated rings. The molecule has 0 unspecified atom stereocenters. The third-order valence-corrected chi connectivity index (χ3v) is 4.58. The van der Waals surface area contributed by atoms with Gasteiger partial charge in [-0.1, -0.05) is 18.2 Å². The summed E-state index contributed by atoms with van der Waals surface area (Å²) in [4.78, 5) is 15.7. The van der Waals surface area contributed by atoms with Gasteiger partial charge in [0.05, 0.1) is 18.4 Å². The summed E-state index contributed by atoms with van der Waals surface area (Å²) in [6, 6.07) is 9.78. The molecule has 1 aliphatic rings. The molecule has 0 spiro atoms. The maximum absolute atomic E-state index is 12.3. The molecule has 7 heteroatoms. The Kier molecular flexibility index (Phi) is 7.40. The van der Waals surface area contributed by atoms with E-state index in [4.69, 9.17) is 0 Å². The van der Waals surface area contributed by atoms with Crippen LogP contribution >= 0.6 is 12.4 Å². The van der Waals surface area contributed by atoms with Crippen LogP contribution in [0.4, 0.5) is 0 Å². The number of rotatable bonds is 6. The molecular formula is C18H26ClN5O. The molecule has 1 aliphatic heterocycles. The van der Waals surface area contributed by atoms with Gasteiger partial charge in [0.25, 0.3) is 0 Å². The molecule has 1 N–H and O–H groups in total. The number of halogens is 1. The predicted molar refractivity (Wildman–Crippen MR) is 99.9 cm³/mol. The maximum Gasteiger partial charge on any atom is 0.222 e. The molecule has 0 saturated carbocycles. The molecule has 1 saturated heterocycles. The van der Waals surface area contributed by atoms with Crippen LogP contribution in [0.2, 0.25) is 0 Å². The first kappa shape index (κ1) is 19.4. The number of benzene rings is 1. The summed E-state index contributed by atoms with van der Waals surface area (Å²) in [6.45, 7) is 2.66.